The van der Waals surface area contributed by atoms with Gasteiger partial charge in [-0.05, 0) is 91.8 Å². The summed E-state index contributed by atoms with van der Waals surface area (Å²) in [6.45, 7) is 8.29. The molecule has 0 spiro atoms. The van der Waals surface area contributed by atoms with Gasteiger partial charge in [-0.1, -0.05) is 6.07 Å². The predicted octanol–water partition coefficient (Wildman–Crippen LogP) is 3.79. The summed E-state index contributed by atoms with van der Waals surface area (Å²) in [4.78, 5) is 2.78. The van der Waals surface area contributed by atoms with Crippen molar-refractivity contribution in [1.82, 2.24) is 9.62 Å². The zero-order chi connectivity index (χ0) is 18.0. The SMILES string of the molecule is Cc1cc(C)c(S(=O)(=O)NCC(c2ccsc2)N2CCCC2)cc1C. The first-order valence-corrected chi connectivity index (χ1v) is 11.1. The van der Waals surface area contributed by atoms with Gasteiger partial charge in [0.2, 0.25) is 10.0 Å². The first kappa shape index (κ1) is 18.6. The second-order valence-corrected chi connectivity index (χ2v) is 9.38. The van der Waals surface area contributed by atoms with Gasteiger partial charge in [-0.25, -0.2) is 13.1 Å². The van der Waals surface area contributed by atoms with E-state index >= 15 is 0 Å². The third-order valence-corrected chi connectivity index (χ3v) is 7.32. The van der Waals surface area contributed by atoms with E-state index in [-0.39, 0.29) is 6.04 Å². The molecule has 1 fully saturated rings. The van der Waals surface area contributed by atoms with Crippen molar-refractivity contribution in [2.24, 2.45) is 0 Å². The zero-order valence-electron chi connectivity index (χ0n) is 15.1. The average molecular weight is 379 g/mol. The molecule has 1 unspecified atom stereocenters. The van der Waals surface area contributed by atoms with E-state index < -0.39 is 10.0 Å². The van der Waals surface area contributed by atoms with Gasteiger partial charge < -0.3 is 0 Å². The van der Waals surface area contributed by atoms with Crippen molar-refractivity contribution in [2.45, 2.75) is 44.6 Å². The Hall–Kier alpha value is -1.21. The summed E-state index contributed by atoms with van der Waals surface area (Å²) in [5.74, 6) is 0. The van der Waals surface area contributed by atoms with Gasteiger partial charge in [-0.2, -0.15) is 11.3 Å². The van der Waals surface area contributed by atoms with Crippen molar-refractivity contribution < 1.29 is 8.42 Å². The molecule has 6 heteroatoms. The number of hydrogen-bond donors (Lipinski definition) is 1. The van der Waals surface area contributed by atoms with Crippen LogP contribution in [0.25, 0.3) is 0 Å². The minimum Gasteiger partial charge on any atom is -0.295 e. The van der Waals surface area contributed by atoms with Gasteiger partial charge in [-0.15, -0.1) is 0 Å². The minimum atomic E-state index is -3.52. The van der Waals surface area contributed by atoms with Crippen molar-refractivity contribution in [3.8, 4) is 0 Å². The molecule has 25 heavy (non-hydrogen) atoms. The van der Waals surface area contributed by atoms with E-state index in [1.807, 2.05) is 26.8 Å². The number of hydrogen-bond acceptors (Lipinski definition) is 4. The fraction of sp³-hybridized carbons (Fsp3) is 0.474. The number of sulfonamides is 1. The molecule has 0 amide bonds. The molecule has 1 aromatic heterocycles. The van der Waals surface area contributed by atoms with Crippen LogP contribution < -0.4 is 4.72 Å². The van der Waals surface area contributed by atoms with Gasteiger partial charge in [0.25, 0.3) is 0 Å². The van der Waals surface area contributed by atoms with Crippen LogP contribution in [0, 0.1) is 20.8 Å². The summed E-state index contributed by atoms with van der Waals surface area (Å²) in [5.41, 5.74) is 4.11. The maximum atomic E-state index is 12.9. The minimum absolute atomic E-state index is 0.107. The van der Waals surface area contributed by atoms with E-state index in [0.29, 0.717) is 11.4 Å². The maximum absolute atomic E-state index is 12.9. The molecule has 3 rings (SSSR count). The number of benzene rings is 1. The van der Waals surface area contributed by atoms with Gasteiger partial charge in [0.05, 0.1) is 4.90 Å². The van der Waals surface area contributed by atoms with E-state index in [1.165, 1.54) is 18.4 Å². The standard InChI is InChI=1S/C19H26N2O2S2/c1-14-10-16(3)19(11-15(14)2)25(22,23)20-12-18(17-6-9-24-13-17)21-7-4-5-8-21/h6,9-11,13,18,20H,4-5,7-8,12H2,1-3H3. The van der Waals surface area contributed by atoms with Gasteiger partial charge in [0.1, 0.15) is 0 Å². The second-order valence-electron chi connectivity index (χ2n) is 6.87. The topological polar surface area (TPSA) is 49.4 Å². The Morgan fingerprint density at radius 1 is 1.12 bits per heavy atom. The highest BCUT2D eigenvalue weighted by atomic mass is 32.2. The van der Waals surface area contributed by atoms with Crippen LogP contribution in [-0.4, -0.2) is 33.0 Å². The number of nitrogens with zero attached hydrogens (tertiary/aromatic N) is 1. The first-order chi connectivity index (χ1) is 11.9. The Labute approximate surface area is 154 Å². The summed E-state index contributed by atoms with van der Waals surface area (Å²) in [6, 6.07) is 5.93. The Morgan fingerprint density at radius 3 is 2.44 bits per heavy atom. The van der Waals surface area contributed by atoms with Gasteiger partial charge in [0, 0.05) is 12.6 Å². The van der Waals surface area contributed by atoms with E-state index in [0.717, 1.165) is 29.8 Å². The van der Waals surface area contributed by atoms with Gasteiger partial charge >= 0.3 is 0 Å². The molecular formula is C19H26N2O2S2. The molecule has 0 bridgehead atoms. The van der Waals surface area contributed by atoms with Crippen LogP contribution in [0.5, 0.6) is 0 Å². The molecule has 1 aliphatic heterocycles. The molecule has 0 aliphatic carbocycles. The van der Waals surface area contributed by atoms with E-state index in [9.17, 15) is 8.42 Å². The molecule has 0 saturated carbocycles. The van der Waals surface area contributed by atoms with Crippen molar-refractivity contribution in [2.75, 3.05) is 19.6 Å². The first-order valence-electron chi connectivity index (χ1n) is 8.72. The molecule has 0 radical (unpaired) electrons. The Morgan fingerprint density at radius 2 is 1.80 bits per heavy atom. The van der Waals surface area contributed by atoms with Crippen LogP contribution in [0.4, 0.5) is 0 Å². The molecule has 4 nitrogen and oxygen atoms in total. The normalized spacial score (nSPS) is 17.1. The van der Waals surface area contributed by atoms with Crippen LogP contribution >= 0.6 is 11.3 Å². The van der Waals surface area contributed by atoms with Crippen molar-refractivity contribution in [3.05, 3.63) is 51.2 Å². The smallest absolute Gasteiger partial charge is 0.240 e. The highest BCUT2D eigenvalue weighted by Crippen LogP contribution is 2.27. The number of rotatable bonds is 6. The van der Waals surface area contributed by atoms with E-state index in [4.69, 9.17) is 0 Å². The summed E-state index contributed by atoms with van der Waals surface area (Å²) in [5, 5.41) is 4.18. The molecule has 136 valence electrons. The molecular weight excluding hydrogens is 352 g/mol. The monoisotopic (exact) mass is 378 g/mol. The highest BCUT2D eigenvalue weighted by Gasteiger charge is 2.26. The van der Waals surface area contributed by atoms with Crippen molar-refractivity contribution in [1.29, 1.82) is 0 Å². The predicted molar refractivity (Wildman–Crippen MR) is 104 cm³/mol. The third-order valence-electron chi connectivity index (χ3n) is 5.06. The second kappa shape index (κ2) is 7.58. The van der Waals surface area contributed by atoms with Crippen molar-refractivity contribution >= 4 is 21.4 Å². The lowest BCUT2D eigenvalue weighted by Crippen LogP contribution is -2.36. The van der Waals surface area contributed by atoms with Crippen molar-refractivity contribution in [3.63, 3.8) is 0 Å². The van der Waals surface area contributed by atoms with Gasteiger partial charge in [-0.3, -0.25) is 4.90 Å². The Bertz CT molecular complexity index is 823. The maximum Gasteiger partial charge on any atom is 0.240 e. The van der Waals surface area contributed by atoms with E-state index in [2.05, 4.69) is 26.4 Å². The summed E-state index contributed by atoms with van der Waals surface area (Å²) >= 11 is 1.66. The lowest BCUT2D eigenvalue weighted by atomic mass is 10.1. The summed E-state index contributed by atoms with van der Waals surface area (Å²) < 4.78 is 28.6. The number of aryl methyl sites for hydroxylation is 3. The molecule has 1 aliphatic rings. The molecule has 1 atom stereocenters. The lowest BCUT2D eigenvalue weighted by molar-refractivity contribution is 0.247. The van der Waals surface area contributed by atoms with Crippen LogP contribution in [0.15, 0.2) is 33.9 Å². The van der Waals surface area contributed by atoms with Gasteiger partial charge in [0.15, 0.2) is 0 Å². The quantitative estimate of drug-likeness (QED) is 0.832. The summed E-state index contributed by atoms with van der Waals surface area (Å²) in [6.07, 6.45) is 2.37. The van der Waals surface area contributed by atoms with Crippen LogP contribution in [0.3, 0.4) is 0 Å². The number of nitrogens with one attached hydrogen (secondary N) is 1. The highest BCUT2D eigenvalue weighted by molar-refractivity contribution is 7.89. The largest absolute Gasteiger partial charge is 0.295 e. The van der Waals surface area contributed by atoms with Crippen LogP contribution in [-0.2, 0) is 10.0 Å². The average Bonchev–Trinajstić information content (AvgIpc) is 3.24. The molecule has 2 aromatic rings. The van der Waals surface area contributed by atoms with Crippen LogP contribution in [0.2, 0.25) is 0 Å². The lowest BCUT2D eigenvalue weighted by Gasteiger charge is -2.27. The molecule has 1 saturated heterocycles. The third kappa shape index (κ3) is 4.14. The Kier molecular flexibility index (Phi) is 5.63. The zero-order valence-corrected chi connectivity index (χ0v) is 16.7. The molecule has 1 N–H and O–H groups in total. The molecule has 1 aromatic carbocycles. The number of likely N-dealkylation sites (tertiary alicyclic amines) is 1. The fourth-order valence-corrected chi connectivity index (χ4v) is 5.52. The Balaban J connectivity index is 1.81. The van der Waals surface area contributed by atoms with E-state index in [1.54, 1.807) is 17.4 Å². The fourth-order valence-electron chi connectivity index (χ4n) is 3.47. The number of thiophene rings is 1. The van der Waals surface area contributed by atoms with Crippen LogP contribution in [0.1, 0.15) is 41.1 Å². The molecule has 2 heterocycles. The summed E-state index contributed by atoms with van der Waals surface area (Å²) in [7, 11) is -3.52.